The van der Waals surface area contributed by atoms with E-state index in [9.17, 15) is 18.0 Å². The van der Waals surface area contributed by atoms with Crippen LogP contribution in [-0.2, 0) is 16.0 Å². The predicted octanol–water partition coefficient (Wildman–Crippen LogP) is 3.95. The molecule has 0 radical (unpaired) electrons. The second kappa shape index (κ2) is 10.1. The van der Waals surface area contributed by atoms with Gasteiger partial charge in [-0.1, -0.05) is 48.5 Å². The molecule has 0 aromatic heterocycles. The van der Waals surface area contributed by atoms with Gasteiger partial charge in [0, 0.05) is 18.3 Å². The van der Waals surface area contributed by atoms with Gasteiger partial charge in [-0.15, -0.1) is 0 Å². The highest BCUT2D eigenvalue weighted by atomic mass is 19.4. The Morgan fingerprint density at radius 2 is 1.69 bits per heavy atom. The molecule has 3 rings (SSSR count). The molecule has 0 fully saturated rings. The number of anilines is 1. The molecule has 1 amide bonds. The van der Waals surface area contributed by atoms with E-state index in [0.717, 1.165) is 25.1 Å². The number of hydrogen-bond acceptors (Lipinski definition) is 3. The van der Waals surface area contributed by atoms with Gasteiger partial charge in [-0.25, -0.2) is 4.79 Å². The Morgan fingerprint density at radius 3 is 2.31 bits per heavy atom. The number of nitrogens with one attached hydrogen (secondary N) is 1. The summed E-state index contributed by atoms with van der Waals surface area (Å²) in [5.74, 6) is -2.61. The van der Waals surface area contributed by atoms with Crippen molar-refractivity contribution in [2.45, 2.75) is 32.0 Å². The van der Waals surface area contributed by atoms with Crippen molar-refractivity contribution in [2.24, 2.45) is 0 Å². The number of carbonyl (C=O) groups excluding carboxylic acids is 1. The van der Waals surface area contributed by atoms with Gasteiger partial charge in [0.15, 0.2) is 0 Å². The van der Waals surface area contributed by atoms with Crippen LogP contribution in [0.15, 0.2) is 54.6 Å². The molecule has 0 saturated heterocycles. The first kappa shape index (κ1) is 22.4. The minimum Gasteiger partial charge on any atom is -0.475 e. The molecule has 1 heterocycles. The van der Waals surface area contributed by atoms with Gasteiger partial charge in [-0.2, -0.15) is 13.2 Å². The average Bonchev–Trinajstić information content (AvgIpc) is 2.71. The monoisotopic (exact) mass is 408 g/mol. The summed E-state index contributed by atoms with van der Waals surface area (Å²) in [6, 6.07) is 18.6. The molecule has 1 atom stereocenters. The molecular weight excluding hydrogens is 385 g/mol. The largest absolute Gasteiger partial charge is 0.490 e. The molecular formula is C21H23F3N2O3. The quantitative estimate of drug-likeness (QED) is 0.804. The lowest BCUT2D eigenvalue weighted by Gasteiger charge is -2.30. The van der Waals surface area contributed by atoms with Crippen LogP contribution in [0.2, 0.25) is 0 Å². The van der Waals surface area contributed by atoms with Gasteiger partial charge in [-0.3, -0.25) is 4.79 Å². The van der Waals surface area contributed by atoms with Crippen molar-refractivity contribution in [2.75, 3.05) is 18.0 Å². The van der Waals surface area contributed by atoms with Crippen LogP contribution >= 0.6 is 0 Å². The number of hydrogen-bond donors (Lipinski definition) is 2. The van der Waals surface area contributed by atoms with Gasteiger partial charge < -0.3 is 15.3 Å². The fourth-order valence-electron chi connectivity index (χ4n) is 2.99. The van der Waals surface area contributed by atoms with Crippen LogP contribution in [0, 0.1) is 0 Å². The Kier molecular flexibility index (Phi) is 7.78. The van der Waals surface area contributed by atoms with E-state index in [1.807, 2.05) is 41.3 Å². The van der Waals surface area contributed by atoms with E-state index in [4.69, 9.17) is 9.90 Å². The molecule has 0 saturated carbocycles. The molecule has 0 unspecified atom stereocenters. The van der Waals surface area contributed by atoms with E-state index in [2.05, 4.69) is 30.4 Å². The number of para-hydroxylation sites is 1. The molecule has 1 aliphatic heterocycles. The van der Waals surface area contributed by atoms with Crippen molar-refractivity contribution in [1.82, 2.24) is 5.32 Å². The highest BCUT2D eigenvalue weighted by Gasteiger charge is 2.38. The molecule has 1 aliphatic rings. The molecule has 2 N–H and O–H groups in total. The number of aliphatic carboxylic acids is 1. The predicted molar refractivity (Wildman–Crippen MR) is 104 cm³/mol. The molecule has 29 heavy (non-hydrogen) atoms. The van der Waals surface area contributed by atoms with Gasteiger partial charge in [0.25, 0.3) is 0 Å². The Balaban J connectivity index is 0.000000370. The summed E-state index contributed by atoms with van der Waals surface area (Å²) in [5.41, 5.74) is 3.56. The Labute approximate surface area is 167 Å². The molecule has 156 valence electrons. The molecule has 8 heteroatoms. The van der Waals surface area contributed by atoms with E-state index in [1.54, 1.807) is 0 Å². The van der Waals surface area contributed by atoms with Crippen LogP contribution in [0.25, 0.3) is 0 Å². The Morgan fingerprint density at radius 1 is 1.10 bits per heavy atom. The lowest BCUT2D eigenvalue weighted by molar-refractivity contribution is -0.192. The van der Waals surface area contributed by atoms with Crippen molar-refractivity contribution in [3.05, 3.63) is 65.7 Å². The summed E-state index contributed by atoms with van der Waals surface area (Å²) in [6.45, 7) is 3.27. The minimum atomic E-state index is -5.08. The third-order valence-electron chi connectivity index (χ3n) is 4.51. The standard InChI is InChI=1S/C19H22N2O.C2HF3O2/c1-15(16-8-3-2-4-9-16)20-14-19(22)21-13-7-11-17-10-5-6-12-18(17)21;3-2(4,5)1(6)7/h2-6,8-10,12,15,20H,7,11,13-14H2,1H3;(H,6,7)/t15-;/m0./s1. The number of halogens is 3. The smallest absolute Gasteiger partial charge is 0.475 e. The van der Waals surface area contributed by atoms with Crippen molar-refractivity contribution in [3.8, 4) is 0 Å². The van der Waals surface area contributed by atoms with Crippen molar-refractivity contribution in [3.63, 3.8) is 0 Å². The zero-order valence-electron chi connectivity index (χ0n) is 15.9. The van der Waals surface area contributed by atoms with Crippen molar-refractivity contribution >= 4 is 17.6 Å². The zero-order chi connectivity index (χ0) is 21.4. The lowest BCUT2D eigenvalue weighted by Crippen LogP contribution is -2.41. The number of fused-ring (bicyclic) bond motifs is 1. The number of carbonyl (C=O) groups is 2. The first-order chi connectivity index (χ1) is 13.7. The maximum atomic E-state index is 12.6. The minimum absolute atomic E-state index is 0.148. The summed E-state index contributed by atoms with van der Waals surface area (Å²) < 4.78 is 31.7. The normalized spacial score (nSPS) is 14.3. The number of alkyl halides is 3. The van der Waals surface area contributed by atoms with Crippen LogP contribution < -0.4 is 10.2 Å². The van der Waals surface area contributed by atoms with Crippen LogP contribution in [-0.4, -0.2) is 36.2 Å². The summed E-state index contributed by atoms with van der Waals surface area (Å²) in [6.07, 6.45) is -2.98. The second-order valence-corrected chi connectivity index (χ2v) is 6.59. The van der Waals surface area contributed by atoms with Gasteiger partial charge in [0.05, 0.1) is 6.54 Å². The topological polar surface area (TPSA) is 69.6 Å². The van der Waals surface area contributed by atoms with Crippen molar-refractivity contribution < 1.29 is 27.9 Å². The van der Waals surface area contributed by atoms with E-state index in [1.165, 1.54) is 11.1 Å². The Hall–Kier alpha value is -2.87. The summed E-state index contributed by atoms with van der Waals surface area (Å²) in [5, 5.41) is 10.5. The number of amides is 1. The average molecular weight is 408 g/mol. The molecule has 5 nitrogen and oxygen atoms in total. The van der Waals surface area contributed by atoms with Crippen LogP contribution in [0.4, 0.5) is 18.9 Å². The summed E-state index contributed by atoms with van der Waals surface area (Å²) in [4.78, 5) is 23.4. The van der Waals surface area contributed by atoms with Crippen molar-refractivity contribution in [1.29, 1.82) is 0 Å². The summed E-state index contributed by atoms with van der Waals surface area (Å²) >= 11 is 0. The first-order valence-electron chi connectivity index (χ1n) is 9.17. The molecule has 2 aromatic rings. The fraction of sp³-hybridized carbons (Fsp3) is 0.333. The van der Waals surface area contributed by atoms with Crippen LogP contribution in [0.5, 0.6) is 0 Å². The van der Waals surface area contributed by atoms with Crippen LogP contribution in [0.1, 0.15) is 30.5 Å². The van der Waals surface area contributed by atoms with Gasteiger partial charge in [0.1, 0.15) is 0 Å². The number of benzene rings is 2. The highest BCUT2D eigenvalue weighted by Crippen LogP contribution is 2.26. The van der Waals surface area contributed by atoms with Gasteiger partial charge in [-0.05, 0) is 37.0 Å². The first-order valence-corrected chi connectivity index (χ1v) is 9.17. The van der Waals surface area contributed by atoms with E-state index < -0.39 is 12.1 Å². The van der Waals surface area contributed by atoms with E-state index >= 15 is 0 Å². The molecule has 0 aliphatic carbocycles. The van der Waals surface area contributed by atoms with Gasteiger partial charge >= 0.3 is 12.1 Å². The molecule has 0 bridgehead atoms. The van der Waals surface area contributed by atoms with E-state index in [-0.39, 0.29) is 11.9 Å². The van der Waals surface area contributed by atoms with Crippen LogP contribution in [0.3, 0.4) is 0 Å². The number of nitrogens with zero attached hydrogens (tertiary/aromatic N) is 1. The number of carboxylic acid groups (broad SMARTS) is 1. The third kappa shape index (κ3) is 6.60. The Bertz CT molecular complexity index is 825. The number of carboxylic acids is 1. The maximum absolute atomic E-state index is 12.6. The number of rotatable bonds is 4. The maximum Gasteiger partial charge on any atom is 0.490 e. The lowest BCUT2D eigenvalue weighted by atomic mass is 10.0. The second-order valence-electron chi connectivity index (χ2n) is 6.59. The zero-order valence-corrected chi connectivity index (χ0v) is 15.9. The molecule has 2 aromatic carbocycles. The molecule has 0 spiro atoms. The third-order valence-corrected chi connectivity index (χ3v) is 4.51. The van der Waals surface area contributed by atoms with E-state index in [0.29, 0.717) is 6.54 Å². The van der Waals surface area contributed by atoms with Gasteiger partial charge in [0.2, 0.25) is 5.91 Å². The number of aryl methyl sites for hydroxylation is 1. The fourth-order valence-corrected chi connectivity index (χ4v) is 2.99. The SMILES string of the molecule is C[C@H](NCC(=O)N1CCCc2ccccc21)c1ccccc1.O=C(O)C(F)(F)F. The highest BCUT2D eigenvalue weighted by molar-refractivity contribution is 5.96. The summed E-state index contributed by atoms with van der Waals surface area (Å²) in [7, 11) is 0.